The van der Waals surface area contributed by atoms with Gasteiger partial charge in [-0.15, -0.1) is 0 Å². The molecule has 28 heavy (non-hydrogen) atoms. The number of halogens is 1. The first-order valence-electron chi connectivity index (χ1n) is 9.72. The Morgan fingerprint density at radius 3 is 2.32 bits per heavy atom. The van der Waals surface area contributed by atoms with E-state index in [-0.39, 0.29) is 18.0 Å². The minimum atomic E-state index is -0.605. The van der Waals surface area contributed by atoms with E-state index in [1.54, 1.807) is 6.07 Å². The zero-order valence-electron chi connectivity index (χ0n) is 15.9. The van der Waals surface area contributed by atoms with Crippen LogP contribution in [0.1, 0.15) is 40.7 Å². The number of benzene rings is 2. The van der Waals surface area contributed by atoms with E-state index in [0.717, 1.165) is 25.2 Å². The van der Waals surface area contributed by atoms with Gasteiger partial charge in [0.2, 0.25) is 5.91 Å². The number of carbonyl (C=O) groups excluding carboxylic acids is 2. The summed E-state index contributed by atoms with van der Waals surface area (Å²) in [5, 5.41) is 5.29. The second-order valence-electron chi connectivity index (χ2n) is 7.04. The number of hydrogen-bond donors (Lipinski definition) is 2. The van der Waals surface area contributed by atoms with Gasteiger partial charge < -0.3 is 10.6 Å². The van der Waals surface area contributed by atoms with Gasteiger partial charge in [-0.3, -0.25) is 14.5 Å². The van der Waals surface area contributed by atoms with E-state index in [9.17, 15) is 14.0 Å². The number of carbonyl (C=O) groups is 2. The first kappa shape index (κ1) is 20.0. The molecule has 0 aliphatic carbocycles. The lowest BCUT2D eigenvalue weighted by atomic mass is 10.0. The molecule has 0 aromatic heterocycles. The zero-order chi connectivity index (χ0) is 19.8. The van der Waals surface area contributed by atoms with E-state index in [1.165, 1.54) is 43.0 Å². The van der Waals surface area contributed by atoms with Gasteiger partial charge in [0.05, 0.1) is 12.1 Å². The lowest BCUT2D eigenvalue weighted by Gasteiger charge is -2.27. The topological polar surface area (TPSA) is 61.4 Å². The van der Waals surface area contributed by atoms with Gasteiger partial charge in [0.15, 0.2) is 0 Å². The summed E-state index contributed by atoms with van der Waals surface area (Å²) in [5.41, 5.74) is 2.21. The fourth-order valence-corrected chi connectivity index (χ4v) is 3.40. The minimum absolute atomic E-state index is 0.0674. The highest BCUT2D eigenvalue weighted by molar-refractivity contribution is 5.96. The Labute approximate surface area is 164 Å². The summed E-state index contributed by atoms with van der Waals surface area (Å²) in [5.74, 6) is -1.51. The molecule has 0 unspecified atom stereocenters. The number of piperidine rings is 1. The molecule has 5 nitrogen and oxygen atoms in total. The molecule has 0 atom stereocenters. The molecule has 6 heteroatoms. The fourth-order valence-electron chi connectivity index (χ4n) is 3.40. The molecule has 2 N–H and O–H groups in total. The Morgan fingerprint density at radius 1 is 0.893 bits per heavy atom. The first-order chi connectivity index (χ1) is 13.6. The molecule has 0 radical (unpaired) electrons. The van der Waals surface area contributed by atoms with Crippen LogP contribution in [0.4, 0.5) is 4.39 Å². The van der Waals surface area contributed by atoms with E-state index in [2.05, 4.69) is 21.6 Å². The van der Waals surface area contributed by atoms with Crippen LogP contribution in [0.25, 0.3) is 0 Å². The van der Waals surface area contributed by atoms with Crippen LogP contribution in [-0.2, 0) is 17.9 Å². The molecule has 2 aromatic carbocycles. The number of hydrogen-bond acceptors (Lipinski definition) is 3. The third-order valence-electron chi connectivity index (χ3n) is 4.97. The second kappa shape index (κ2) is 9.99. The lowest BCUT2D eigenvalue weighted by molar-refractivity contribution is -0.120. The monoisotopic (exact) mass is 383 g/mol. The molecule has 0 spiro atoms. The summed E-state index contributed by atoms with van der Waals surface area (Å²) in [6, 6.07) is 13.8. The quantitative estimate of drug-likeness (QED) is 0.773. The fraction of sp³-hybridized carbons (Fsp3) is 0.364. The van der Waals surface area contributed by atoms with Crippen LogP contribution in [0, 0.1) is 5.82 Å². The molecule has 2 amide bonds. The summed E-state index contributed by atoms with van der Waals surface area (Å²) in [7, 11) is 0. The third-order valence-corrected chi connectivity index (χ3v) is 4.97. The van der Waals surface area contributed by atoms with Gasteiger partial charge in [-0.1, -0.05) is 42.8 Å². The summed E-state index contributed by atoms with van der Waals surface area (Å²) < 4.78 is 13.6. The van der Waals surface area contributed by atoms with Crippen LogP contribution in [0.5, 0.6) is 0 Å². The SMILES string of the molecule is O=C(CNC(=O)c1ccccc1F)NCc1ccccc1CN1CCCCC1. The molecule has 1 aliphatic rings. The van der Waals surface area contributed by atoms with Crippen LogP contribution in [0.15, 0.2) is 48.5 Å². The molecule has 0 saturated carbocycles. The van der Waals surface area contributed by atoms with E-state index >= 15 is 0 Å². The number of rotatable bonds is 7. The number of nitrogens with zero attached hydrogens (tertiary/aromatic N) is 1. The van der Waals surface area contributed by atoms with Crippen molar-refractivity contribution in [2.75, 3.05) is 19.6 Å². The number of likely N-dealkylation sites (tertiary alicyclic amines) is 1. The summed E-state index contributed by atoms with van der Waals surface area (Å²) in [6.07, 6.45) is 3.77. The molecular formula is C22H26FN3O2. The van der Waals surface area contributed by atoms with Crippen LogP contribution in [-0.4, -0.2) is 36.3 Å². The number of nitrogens with one attached hydrogen (secondary N) is 2. The van der Waals surface area contributed by atoms with Gasteiger partial charge in [-0.2, -0.15) is 0 Å². The first-order valence-corrected chi connectivity index (χ1v) is 9.72. The maximum atomic E-state index is 13.6. The molecule has 1 saturated heterocycles. The van der Waals surface area contributed by atoms with Gasteiger partial charge in [-0.25, -0.2) is 4.39 Å². The molecule has 0 bridgehead atoms. The Kier molecular flexibility index (Phi) is 7.14. The largest absolute Gasteiger partial charge is 0.350 e. The van der Waals surface area contributed by atoms with Crippen molar-refractivity contribution in [1.29, 1.82) is 0 Å². The standard InChI is InChI=1S/C22H26FN3O2/c23-20-11-5-4-10-19(20)22(28)25-15-21(27)24-14-17-8-2-3-9-18(17)16-26-12-6-1-7-13-26/h2-5,8-11H,1,6-7,12-16H2,(H,24,27)(H,25,28). The Balaban J connectivity index is 1.49. The molecule has 1 heterocycles. The average Bonchev–Trinajstić information content (AvgIpc) is 2.72. The Bertz CT molecular complexity index is 819. The normalized spacial score (nSPS) is 14.5. The number of amides is 2. The van der Waals surface area contributed by atoms with Crippen molar-refractivity contribution in [2.24, 2.45) is 0 Å². The summed E-state index contributed by atoms with van der Waals surface area (Å²) in [4.78, 5) is 26.5. The van der Waals surface area contributed by atoms with Crippen molar-refractivity contribution in [3.05, 3.63) is 71.0 Å². The third kappa shape index (κ3) is 5.63. The Hall–Kier alpha value is -2.73. The van der Waals surface area contributed by atoms with Gasteiger partial charge in [0.25, 0.3) is 5.91 Å². The van der Waals surface area contributed by atoms with Crippen molar-refractivity contribution in [3.63, 3.8) is 0 Å². The van der Waals surface area contributed by atoms with Crippen LogP contribution < -0.4 is 10.6 Å². The van der Waals surface area contributed by atoms with Crippen molar-refractivity contribution in [1.82, 2.24) is 15.5 Å². The predicted molar refractivity (Wildman–Crippen MR) is 106 cm³/mol. The van der Waals surface area contributed by atoms with E-state index < -0.39 is 11.7 Å². The van der Waals surface area contributed by atoms with Crippen molar-refractivity contribution < 1.29 is 14.0 Å². The molecular weight excluding hydrogens is 357 g/mol. The predicted octanol–water partition coefficient (Wildman–Crippen LogP) is 2.86. The smallest absolute Gasteiger partial charge is 0.254 e. The molecule has 3 rings (SSSR count). The summed E-state index contributed by atoms with van der Waals surface area (Å²) >= 11 is 0. The average molecular weight is 383 g/mol. The molecule has 148 valence electrons. The van der Waals surface area contributed by atoms with Gasteiger partial charge in [0.1, 0.15) is 5.82 Å². The van der Waals surface area contributed by atoms with Crippen molar-refractivity contribution >= 4 is 11.8 Å². The zero-order valence-corrected chi connectivity index (χ0v) is 15.9. The Morgan fingerprint density at radius 2 is 1.57 bits per heavy atom. The van der Waals surface area contributed by atoms with Crippen molar-refractivity contribution in [3.8, 4) is 0 Å². The van der Waals surface area contributed by atoms with E-state index in [0.29, 0.717) is 6.54 Å². The highest BCUT2D eigenvalue weighted by Crippen LogP contribution is 2.16. The molecule has 1 fully saturated rings. The maximum Gasteiger partial charge on any atom is 0.254 e. The van der Waals surface area contributed by atoms with Crippen LogP contribution in [0.2, 0.25) is 0 Å². The van der Waals surface area contributed by atoms with Gasteiger partial charge >= 0.3 is 0 Å². The minimum Gasteiger partial charge on any atom is -0.350 e. The second-order valence-corrected chi connectivity index (χ2v) is 7.04. The molecule has 2 aromatic rings. The lowest BCUT2D eigenvalue weighted by Crippen LogP contribution is -2.37. The van der Waals surface area contributed by atoms with E-state index in [4.69, 9.17) is 0 Å². The van der Waals surface area contributed by atoms with E-state index in [1.807, 2.05) is 18.2 Å². The highest BCUT2D eigenvalue weighted by atomic mass is 19.1. The highest BCUT2D eigenvalue weighted by Gasteiger charge is 2.14. The van der Waals surface area contributed by atoms with Crippen LogP contribution in [0.3, 0.4) is 0 Å². The van der Waals surface area contributed by atoms with Crippen molar-refractivity contribution in [2.45, 2.75) is 32.4 Å². The summed E-state index contributed by atoms with van der Waals surface area (Å²) in [6.45, 7) is 3.32. The van der Waals surface area contributed by atoms with Gasteiger partial charge in [-0.05, 0) is 49.2 Å². The van der Waals surface area contributed by atoms with Crippen LogP contribution >= 0.6 is 0 Å². The van der Waals surface area contributed by atoms with Gasteiger partial charge in [0, 0.05) is 13.1 Å². The molecule has 1 aliphatic heterocycles. The maximum absolute atomic E-state index is 13.6.